The zero-order valence-corrected chi connectivity index (χ0v) is 12.7. The Morgan fingerprint density at radius 3 is 2.18 bits per heavy atom. The Balaban J connectivity index is 2.61. The molecule has 22 heavy (non-hydrogen) atoms. The van der Waals surface area contributed by atoms with Crippen LogP contribution in [-0.4, -0.2) is 28.1 Å². The Kier molecular flexibility index (Phi) is 6.56. The Hall–Kier alpha value is -2.37. The molecule has 0 spiro atoms. The van der Waals surface area contributed by atoms with E-state index in [2.05, 4.69) is 5.32 Å². The molecule has 1 amide bonds. The highest BCUT2D eigenvalue weighted by Gasteiger charge is 2.25. The van der Waals surface area contributed by atoms with Crippen LogP contribution in [0.2, 0.25) is 0 Å². The molecule has 120 valence electrons. The molecule has 1 aromatic carbocycles. The summed E-state index contributed by atoms with van der Waals surface area (Å²) < 4.78 is 0. The van der Waals surface area contributed by atoms with E-state index in [0.29, 0.717) is 12.1 Å². The molecule has 0 bridgehead atoms. The molecule has 0 aliphatic heterocycles. The van der Waals surface area contributed by atoms with Gasteiger partial charge >= 0.3 is 11.9 Å². The lowest BCUT2D eigenvalue weighted by Crippen LogP contribution is -2.25. The van der Waals surface area contributed by atoms with Gasteiger partial charge in [0.2, 0.25) is 5.91 Å². The van der Waals surface area contributed by atoms with Gasteiger partial charge < -0.3 is 15.5 Å². The zero-order valence-electron chi connectivity index (χ0n) is 12.7. The van der Waals surface area contributed by atoms with Crippen LogP contribution >= 0.6 is 0 Å². The summed E-state index contributed by atoms with van der Waals surface area (Å²) in [6.07, 6.45) is 1.40. The highest BCUT2D eigenvalue weighted by Crippen LogP contribution is 2.22. The summed E-state index contributed by atoms with van der Waals surface area (Å²) in [5.41, 5.74) is 0.629. The summed E-state index contributed by atoms with van der Waals surface area (Å²) in [5, 5.41) is 20.6. The van der Waals surface area contributed by atoms with Crippen LogP contribution in [0.3, 0.4) is 0 Å². The maximum atomic E-state index is 12.0. The third kappa shape index (κ3) is 5.20. The summed E-state index contributed by atoms with van der Waals surface area (Å²) in [5.74, 6) is -3.00. The maximum absolute atomic E-state index is 12.0. The molecular weight excluding hydrogens is 286 g/mol. The first-order valence-electron chi connectivity index (χ1n) is 7.21. The molecule has 6 heteroatoms. The maximum Gasteiger partial charge on any atom is 0.335 e. The van der Waals surface area contributed by atoms with Crippen LogP contribution < -0.4 is 5.32 Å². The fraction of sp³-hybridized carbons (Fsp3) is 0.438. The van der Waals surface area contributed by atoms with Gasteiger partial charge in [0.1, 0.15) is 0 Å². The van der Waals surface area contributed by atoms with E-state index in [-0.39, 0.29) is 23.8 Å². The van der Waals surface area contributed by atoms with E-state index in [1.165, 1.54) is 24.3 Å². The zero-order chi connectivity index (χ0) is 16.7. The fourth-order valence-corrected chi connectivity index (χ4v) is 2.31. The SMILES string of the molecule is CCC[C@H](C(=O)O)[C@@H](C)CC(=O)Nc1ccc(C(=O)O)cc1. The molecule has 0 heterocycles. The second-order valence-corrected chi connectivity index (χ2v) is 5.35. The molecule has 0 radical (unpaired) electrons. The number of hydrogen-bond donors (Lipinski definition) is 3. The molecule has 0 aliphatic carbocycles. The normalized spacial score (nSPS) is 13.2. The number of aliphatic carboxylic acids is 1. The van der Waals surface area contributed by atoms with E-state index in [4.69, 9.17) is 5.11 Å². The minimum atomic E-state index is -1.03. The van der Waals surface area contributed by atoms with Crippen molar-refractivity contribution in [3.8, 4) is 0 Å². The molecule has 1 rings (SSSR count). The number of carboxylic acids is 2. The monoisotopic (exact) mass is 307 g/mol. The second kappa shape index (κ2) is 8.17. The molecule has 0 aliphatic rings. The van der Waals surface area contributed by atoms with Gasteiger partial charge in [-0.1, -0.05) is 20.3 Å². The number of carbonyl (C=O) groups is 3. The Morgan fingerprint density at radius 2 is 1.73 bits per heavy atom. The van der Waals surface area contributed by atoms with Gasteiger partial charge in [-0.25, -0.2) is 4.79 Å². The number of amides is 1. The third-order valence-electron chi connectivity index (χ3n) is 3.53. The van der Waals surface area contributed by atoms with E-state index in [1.54, 1.807) is 6.92 Å². The first-order chi connectivity index (χ1) is 10.3. The molecule has 2 atom stereocenters. The number of rotatable bonds is 8. The predicted octanol–water partition coefficient (Wildman–Crippen LogP) is 2.85. The van der Waals surface area contributed by atoms with Crippen molar-refractivity contribution in [2.75, 3.05) is 5.32 Å². The Labute approximate surface area is 129 Å². The largest absolute Gasteiger partial charge is 0.481 e. The van der Waals surface area contributed by atoms with Gasteiger partial charge in [0.15, 0.2) is 0 Å². The van der Waals surface area contributed by atoms with Gasteiger partial charge in [0, 0.05) is 12.1 Å². The molecule has 0 saturated carbocycles. The first-order valence-corrected chi connectivity index (χ1v) is 7.21. The van der Waals surface area contributed by atoms with Crippen molar-refractivity contribution in [1.82, 2.24) is 0 Å². The van der Waals surface area contributed by atoms with Gasteiger partial charge in [0.05, 0.1) is 11.5 Å². The summed E-state index contributed by atoms with van der Waals surface area (Å²) >= 11 is 0. The summed E-state index contributed by atoms with van der Waals surface area (Å²) in [7, 11) is 0. The predicted molar refractivity (Wildman–Crippen MR) is 81.8 cm³/mol. The molecule has 6 nitrogen and oxygen atoms in total. The van der Waals surface area contributed by atoms with Crippen molar-refractivity contribution < 1.29 is 24.6 Å². The van der Waals surface area contributed by atoms with Crippen LogP contribution in [0, 0.1) is 11.8 Å². The summed E-state index contributed by atoms with van der Waals surface area (Å²) in [4.78, 5) is 33.9. The van der Waals surface area contributed by atoms with Crippen molar-refractivity contribution in [3.05, 3.63) is 29.8 Å². The van der Waals surface area contributed by atoms with Gasteiger partial charge in [-0.2, -0.15) is 0 Å². The molecule has 0 fully saturated rings. The lowest BCUT2D eigenvalue weighted by atomic mass is 9.87. The van der Waals surface area contributed by atoms with E-state index < -0.39 is 17.9 Å². The van der Waals surface area contributed by atoms with Crippen LogP contribution in [0.4, 0.5) is 5.69 Å². The number of benzene rings is 1. The van der Waals surface area contributed by atoms with Crippen molar-refractivity contribution in [3.63, 3.8) is 0 Å². The topological polar surface area (TPSA) is 104 Å². The van der Waals surface area contributed by atoms with E-state index >= 15 is 0 Å². The quantitative estimate of drug-likeness (QED) is 0.685. The highest BCUT2D eigenvalue weighted by molar-refractivity contribution is 5.92. The highest BCUT2D eigenvalue weighted by atomic mass is 16.4. The minimum absolute atomic E-state index is 0.109. The van der Waals surface area contributed by atoms with Crippen molar-refractivity contribution in [1.29, 1.82) is 0 Å². The molecular formula is C16H21NO5. The molecule has 0 aromatic heterocycles. The number of nitrogens with one attached hydrogen (secondary N) is 1. The van der Waals surface area contributed by atoms with Gasteiger partial charge in [-0.05, 0) is 36.6 Å². The van der Waals surface area contributed by atoms with Gasteiger partial charge in [-0.3, -0.25) is 9.59 Å². The Morgan fingerprint density at radius 1 is 1.14 bits per heavy atom. The van der Waals surface area contributed by atoms with E-state index in [0.717, 1.165) is 6.42 Å². The average molecular weight is 307 g/mol. The number of hydrogen-bond acceptors (Lipinski definition) is 3. The summed E-state index contributed by atoms with van der Waals surface area (Å²) in [6, 6.07) is 5.82. The summed E-state index contributed by atoms with van der Waals surface area (Å²) in [6.45, 7) is 3.66. The molecule has 0 unspecified atom stereocenters. The molecule has 0 saturated heterocycles. The van der Waals surface area contributed by atoms with E-state index in [1.807, 2.05) is 6.92 Å². The fourth-order valence-electron chi connectivity index (χ4n) is 2.31. The second-order valence-electron chi connectivity index (χ2n) is 5.35. The number of aromatic carboxylic acids is 1. The molecule has 3 N–H and O–H groups in total. The lowest BCUT2D eigenvalue weighted by molar-refractivity contribution is -0.144. The van der Waals surface area contributed by atoms with Gasteiger partial charge in [-0.15, -0.1) is 0 Å². The van der Waals surface area contributed by atoms with Crippen LogP contribution in [0.1, 0.15) is 43.5 Å². The van der Waals surface area contributed by atoms with E-state index in [9.17, 15) is 19.5 Å². The van der Waals surface area contributed by atoms with Crippen LogP contribution in [-0.2, 0) is 9.59 Å². The van der Waals surface area contributed by atoms with Crippen LogP contribution in [0.5, 0.6) is 0 Å². The standard InChI is InChI=1S/C16H21NO5/c1-3-4-13(16(21)22)10(2)9-14(18)17-12-7-5-11(6-8-12)15(19)20/h5-8,10,13H,3-4,9H2,1-2H3,(H,17,18)(H,19,20)(H,21,22)/t10-,13-/m0/s1. The van der Waals surface area contributed by atoms with Crippen molar-refractivity contribution >= 4 is 23.5 Å². The smallest absolute Gasteiger partial charge is 0.335 e. The Bertz CT molecular complexity index is 538. The first kappa shape index (κ1) is 17.7. The number of anilines is 1. The van der Waals surface area contributed by atoms with Crippen LogP contribution in [0.15, 0.2) is 24.3 Å². The minimum Gasteiger partial charge on any atom is -0.481 e. The lowest BCUT2D eigenvalue weighted by Gasteiger charge is -2.19. The van der Waals surface area contributed by atoms with Crippen molar-refractivity contribution in [2.24, 2.45) is 11.8 Å². The average Bonchev–Trinajstić information content (AvgIpc) is 2.44. The van der Waals surface area contributed by atoms with Gasteiger partial charge in [0.25, 0.3) is 0 Å². The number of carbonyl (C=O) groups excluding carboxylic acids is 1. The third-order valence-corrected chi connectivity index (χ3v) is 3.53. The molecule has 1 aromatic rings. The van der Waals surface area contributed by atoms with Crippen LogP contribution in [0.25, 0.3) is 0 Å². The van der Waals surface area contributed by atoms with Crippen molar-refractivity contribution in [2.45, 2.75) is 33.1 Å². The number of carboxylic acid groups (broad SMARTS) is 2.